The normalized spacial score (nSPS) is 16.7. The molecule has 9 nitrogen and oxygen atoms in total. The largest absolute Gasteiger partial charge is 0.507 e. The number of aromatic hydroxyl groups is 1. The SMILES string of the molecule is CC1=CC(=S(=O)=O)C(N(N=[N+]=[N-])c2ccc(O)c3c2C(=O)c2ccccc2C3=O)C=C1. The molecule has 4 rings (SSSR count). The predicted octanol–water partition coefficient (Wildman–Crippen LogP) is 3.14. The molecule has 0 radical (unpaired) electrons. The van der Waals surface area contributed by atoms with Crippen molar-refractivity contribution in [2.45, 2.75) is 13.0 Å². The lowest BCUT2D eigenvalue weighted by atomic mass is 9.82. The number of anilines is 1. The zero-order valence-electron chi connectivity index (χ0n) is 16.1. The van der Waals surface area contributed by atoms with E-state index in [-0.39, 0.29) is 32.8 Å². The predicted molar refractivity (Wildman–Crippen MR) is 114 cm³/mol. The van der Waals surface area contributed by atoms with Crippen molar-refractivity contribution in [3.8, 4) is 5.75 Å². The first-order valence-corrected chi connectivity index (χ1v) is 10.1. The van der Waals surface area contributed by atoms with Gasteiger partial charge in [0.05, 0.1) is 11.1 Å². The third kappa shape index (κ3) is 3.20. The molecule has 0 heterocycles. The first kappa shape index (κ1) is 20.1. The van der Waals surface area contributed by atoms with E-state index in [1.165, 1.54) is 36.4 Å². The second kappa shape index (κ2) is 7.60. The summed E-state index contributed by atoms with van der Waals surface area (Å²) in [7, 11) is -2.65. The Hall–Kier alpha value is -4.14. The molecule has 2 aliphatic rings. The van der Waals surface area contributed by atoms with Crippen LogP contribution in [0.1, 0.15) is 38.8 Å². The van der Waals surface area contributed by atoms with Crippen LogP contribution in [0.4, 0.5) is 5.69 Å². The molecule has 0 amide bonds. The second-order valence-electron chi connectivity index (χ2n) is 6.91. The van der Waals surface area contributed by atoms with Crippen LogP contribution in [0.3, 0.4) is 0 Å². The van der Waals surface area contributed by atoms with Gasteiger partial charge < -0.3 is 5.11 Å². The van der Waals surface area contributed by atoms with Gasteiger partial charge in [0.25, 0.3) is 0 Å². The molecule has 31 heavy (non-hydrogen) atoms. The fourth-order valence-corrected chi connectivity index (χ4v) is 4.38. The van der Waals surface area contributed by atoms with Crippen LogP contribution in [0, 0.1) is 0 Å². The van der Waals surface area contributed by atoms with E-state index in [9.17, 15) is 23.1 Å². The van der Waals surface area contributed by atoms with Crippen LogP contribution < -0.4 is 5.01 Å². The van der Waals surface area contributed by atoms with Crippen molar-refractivity contribution in [3.63, 3.8) is 0 Å². The molecule has 0 aliphatic heterocycles. The van der Waals surface area contributed by atoms with E-state index in [0.717, 1.165) is 5.01 Å². The molecule has 0 fully saturated rings. The van der Waals surface area contributed by atoms with Gasteiger partial charge in [-0.05, 0) is 42.0 Å². The number of allylic oxidation sites excluding steroid dienone is 2. The highest BCUT2D eigenvalue weighted by Crippen LogP contribution is 2.39. The van der Waals surface area contributed by atoms with Crippen LogP contribution >= 0.6 is 0 Å². The number of azide groups is 1. The molecule has 1 N–H and O–H groups in total. The van der Waals surface area contributed by atoms with Crippen molar-refractivity contribution < 1.29 is 23.1 Å². The van der Waals surface area contributed by atoms with E-state index in [4.69, 9.17) is 5.53 Å². The minimum atomic E-state index is -2.65. The highest BCUT2D eigenvalue weighted by atomic mass is 32.2. The molecule has 2 aromatic carbocycles. The lowest BCUT2D eigenvalue weighted by Crippen LogP contribution is -2.38. The number of ketones is 2. The van der Waals surface area contributed by atoms with Crippen LogP contribution in [-0.4, -0.2) is 36.0 Å². The number of carbonyl (C=O) groups is 2. The Kier molecular flexibility index (Phi) is 4.94. The van der Waals surface area contributed by atoms with Gasteiger partial charge in [0.1, 0.15) is 16.3 Å². The summed E-state index contributed by atoms with van der Waals surface area (Å²) in [5, 5.41) is 15.0. The minimum absolute atomic E-state index is 0.00371. The second-order valence-corrected chi connectivity index (χ2v) is 7.85. The monoisotopic (exact) mass is 434 g/mol. The van der Waals surface area contributed by atoms with Gasteiger partial charge in [0.2, 0.25) is 10.3 Å². The number of phenols is 1. The van der Waals surface area contributed by atoms with Crippen molar-refractivity contribution in [2.75, 3.05) is 5.01 Å². The Morgan fingerprint density at radius 1 is 1.06 bits per heavy atom. The summed E-state index contributed by atoms with van der Waals surface area (Å²) >= 11 is 0. The third-order valence-electron chi connectivity index (χ3n) is 5.07. The molecular weight excluding hydrogens is 420 g/mol. The first-order valence-electron chi connectivity index (χ1n) is 9.06. The maximum atomic E-state index is 13.3. The molecule has 10 heteroatoms. The van der Waals surface area contributed by atoms with Crippen LogP contribution in [0.15, 0.2) is 65.4 Å². The van der Waals surface area contributed by atoms with Gasteiger partial charge in [0.15, 0.2) is 17.6 Å². The van der Waals surface area contributed by atoms with Crippen molar-refractivity contribution in [3.05, 3.63) is 92.9 Å². The molecule has 0 bridgehead atoms. The molecule has 0 saturated heterocycles. The molecule has 1 atom stereocenters. The Morgan fingerprint density at radius 3 is 2.32 bits per heavy atom. The summed E-state index contributed by atoms with van der Waals surface area (Å²) in [6, 6.07) is 7.65. The van der Waals surface area contributed by atoms with Crippen molar-refractivity contribution >= 4 is 32.4 Å². The smallest absolute Gasteiger partial charge is 0.222 e. The fourth-order valence-electron chi connectivity index (χ4n) is 3.72. The highest BCUT2D eigenvalue weighted by molar-refractivity contribution is 7.73. The average molecular weight is 434 g/mol. The summed E-state index contributed by atoms with van der Waals surface area (Å²) in [6.45, 7) is 1.71. The Bertz CT molecular complexity index is 1410. The lowest BCUT2D eigenvalue weighted by molar-refractivity contribution is 0.0977. The molecule has 0 saturated carbocycles. The molecule has 154 valence electrons. The Morgan fingerprint density at radius 2 is 1.71 bits per heavy atom. The Labute approximate surface area is 177 Å². The zero-order valence-corrected chi connectivity index (χ0v) is 16.9. The van der Waals surface area contributed by atoms with Crippen molar-refractivity contribution in [2.24, 2.45) is 5.22 Å². The van der Waals surface area contributed by atoms with E-state index in [1.807, 2.05) is 0 Å². The van der Waals surface area contributed by atoms with Gasteiger partial charge in [-0.1, -0.05) is 30.3 Å². The number of rotatable bonds is 3. The Balaban J connectivity index is 2.00. The summed E-state index contributed by atoms with van der Waals surface area (Å²) in [5.41, 5.74) is 9.72. The molecule has 2 aromatic rings. The quantitative estimate of drug-likeness (QED) is 0.221. The maximum absolute atomic E-state index is 13.3. The summed E-state index contributed by atoms with van der Waals surface area (Å²) in [6.07, 6.45) is 4.58. The molecule has 0 spiro atoms. The number of benzene rings is 2. The van der Waals surface area contributed by atoms with Gasteiger partial charge in [0, 0.05) is 11.1 Å². The van der Waals surface area contributed by atoms with Gasteiger partial charge >= 0.3 is 0 Å². The van der Waals surface area contributed by atoms with Gasteiger partial charge in [-0.3, -0.25) is 9.59 Å². The maximum Gasteiger partial charge on any atom is 0.222 e. The first-order chi connectivity index (χ1) is 14.8. The number of phenolic OH excluding ortho intramolecular Hbond substituents is 1. The van der Waals surface area contributed by atoms with Gasteiger partial charge in [-0.25, -0.2) is 5.01 Å². The van der Waals surface area contributed by atoms with Crippen LogP contribution in [0.2, 0.25) is 0 Å². The standard InChI is InChI=1S/C21H14N4O5S/c1-11-6-7-14(17(10-11)31(29)30)25(24-23-22)15-8-9-16(26)19-18(15)20(27)12-4-2-3-5-13(12)21(19)28/h2-10,14,26H,1H3. The van der Waals surface area contributed by atoms with E-state index in [2.05, 4.69) is 10.1 Å². The summed E-state index contributed by atoms with van der Waals surface area (Å²) < 4.78 is 23.7. The topological polar surface area (TPSA) is 141 Å². The van der Waals surface area contributed by atoms with Gasteiger partial charge in [-0.2, -0.15) is 13.3 Å². The number of hydrogen-bond acceptors (Lipinski definition) is 6. The van der Waals surface area contributed by atoms with Gasteiger partial charge in [-0.15, -0.1) is 5.53 Å². The van der Waals surface area contributed by atoms with E-state index >= 15 is 0 Å². The minimum Gasteiger partial charge on any atom is -0.507 e. The van der Waals surface area contributed by atoms with E-state index in [0.29, 0.717) is 5.57 Å². The number of carbonyl (C=O) groups excluding carboxylic acids is 2. The van der Waals surface area contributed by atoms with Crippen molar-refractivity contribution in [1.82, 2.24) is 0 Å². The number of nitrogens with zero attached hydrogens (tertiary/aromatic N) is 4. The highest BCUT2D eigenvalue weighted by Gasteiger charge is 2.39. The molecule has 0 aromatic heterocycles. The van der Waals surface area contributed by atoms with E-state index < -0.39 is 33.7 Å². The zero-order chi connectivity index (χ0) is 22.3. The van der Waals surface area contributed by atoms with Crippen LogP contribution in [-0.2, 0) is 10.3 Å². The average Bonchev–Trinajstić information content (AvgIpc) is 2.76. The van der Waals surface area contributed by atoms with Crippen LogP contribution in [0.5, 0.6) is 5.75 Å². The van der Waals surface area contributed by atoms with Crippen LogP contribution in [0.25, 0.3) is 10.4 Å². The molecule has 1 unspecified atom stereocenters. The number of fused-ring (bicyclic) bond motifs is 2. The third-order valence-corrected chi connectivity index (χ3v) is 5.82. The molecular formula is C21H14N4O5S. The fraction of sp³-hybridized carbons (Fsp3) is 0.0952. The summed E-state index contributed by atoms with van der Waals surface area (Å²) in [5.74, 6) is -1.51. The summed E-state index contributed by atoms with van der Waals surface area (Å²) in [4.78, 5) is 29.0. The number of hydrogen-bond donors (Lipinski definition) is 1. The van der Waals surface area contributed by atoms with E-state index in [1.54, 1.807) is 25.1 Å². The lowest BCUT2D eigenvalue weighted by Gasteiger charge is -2.27. The molecule has 2 aliphatic carbocycles. The van der Waals surface area contributed by atoms with Crippen molar-refractivity contribution in [1.29, 1.82) is 0 Å².